The maximum absolute atomic E-state index is 15.4. The molecule has 0 radical (unpaired) electrons. The Morgan fingerprint density at radius 2 is 2.04 bits per heavy atom. The fourth-order valence-corrected chi connectivity index (χ4v) is 5.13. The third-order valence-corrected chi connectivity index (χ3v) is 6.51. The molecular weight excluding hydrogens is 486 g/mol. The van der Waals surface area contributed by atoms with Crippen LogP contribution >= 0.6 is 22.6 Å². The molecule has 3 aliphatic heterocycles. The molecule has 146 valence electrons. The largest absolute Gasteiger partial charge is 0.374 e. The number of morpholine rings is 1. The predicted octanol–water partition coefficient (Wildman–Crippen LogP) is 1.07. The van der Waals surface area contributed by atoms with Crippen LogP contribution in [0.1, 0.15) is 12.5 Å². The van der Waals surface area contributed by atoms with E-state index in [1.165, 1.54) is 0 Å². The number of nitrogens with zero attached hydrogens (tertiary/aromatic N) is 2. The average Bonchev–Trinajstić information content (AvgIpc) is 3.00. The summed E-state index contributed by atoms with van der Waals surface area (Å²) in [7, 11) is 0. The Kier molecular flexibility index (Phi) is 3.72. The first-order chi connectivity index (χ1) is 13.3. The van der Waals surface area contributed by atoms with Gasteiger partial charge in [0.1, 0.15) is 0 Å². The standard InChI is InChI=1S/C17H14FIN4O5/c1-6-12-17(14(24)20-16(26)21-15(17)25)5-7-4-8-11(28-22-13(8)19)9(18)10(7)23(12)2-3-27-6/h4,6,12H,2-3,5H2,1H3,(H2,20,21,24,25,26)/t6-,12+/m0/s1. The van der Waals surface area contributed by atoms with Crippen molar-refractivity contribution in [3.05, 3.63) is 21.1 Å². The molecule has 4 heterocycles. The van der Waals surface area contributed by atoms with Crippen LogP contribution in [0.15, 0.2) is 10.6 Å². The minimum atomic E-state index is -1.62. The number of anilines is 1. The van der Waals surface area contributed by atoms with Crippen LogP contribution in [0.2, 0.25) is 0 Å². The smallest absolute Gasteiger partial charge is 0.328 e. The molecule has 11 heteroatoms. The second kappa shape index (κ2) is 5.86. The molecule has 5 rings (SSSR count). The Balaban J connectivity index is 1.79. The molecule has 0 unspecified atom stereocenters. The molecule has 2 fully saturated rings. The van der Waals surface area contributed by atoms with Crippen molar-refractivity contribution in [3.8, 4) is 0 Å². The lowest BCUT2D eigenvalue weighted by atomic mass is 9.66. The number of carbonyl (C=O) groups excluding carboxylic acids is 3. The Morgan fingerprint density at radius 3 is 2.75 bits per heavy atom. The number of nitrogens with one attached hydrogen (secondary N) is 2. The third-order valence-electron chi connectivity index (χ3n) is 5.73. The van der Waals surface area contributed by atoms with E-state index >= 15 is 4.39 Å². The van der Waals surface area contributed by atoms with Crippen molar-refractivity contribution in [2.24, 2.45) is 5.41 Å². The molecule has 1 aromatic carbocycles. The van der Waals surface area contributed by atoms with Gasteiger partial charge in [0.15, 0.2) is 14.9 Å². The van der Waals surface area contributed by atoms with E-state index in [-0.39, 0.29) is 24.2 Å². The van der Waals surface area contributed by atoms with Gasteiger partial charge in [-0.15, -0.1) is 0 Å². The summed E-state index contributed by atoms with van der Waals surface area (Å²) in [6, 6.07) is 0.0505. The minimum Gasteiger partial charge on any atom is -0.374 e. The zero-order valence-corrected chi connectivity index (χ0v) is 16.7. The minimum absolute atomic E-state index is 0.0321. The summed E-state index contributed by atoms with van der Waals surface area (Å²) in [5, 5.41) is 8.68. The van der Waals surface area contributed by atoms with E-state index in [4.69, 9.17) is 9.26 Å². The average molecular weight is 500 g/mol. The summed E-state index contributed by atoms with van der Waals surface area (Å²) < 4.78 is 26.7. The van der Waals surface area contributed by atoms with Gasteiger partial charge < -0.3 is 14.2 Å². The van der Waals surface area contributed by atoms with Gasteiger partial charge in [0.2, 0.25) is 17.4 Å². The molecule has 2 N–H and O–H groups in total. The number of urea groups is 1. The van der Waals surface area contributed by atoms with Crippen LogP contribution in [-0.4, -0.2) is 48.3 Å². The first-order valence-corrected chi connectivity index (χ1v) is 9.74. The van der Waals surface area contributed by atoms with Crippen LogP contribution in [0.4, 0.5) is 14.9 Å². The van der Waals surface area contributed by atoms with Crippen molar-refractivity contribution >= 4 is 57.1 Å². The monoisotopic (exact) mass is 500 g/mol. The first kappa shape index (κ1) is 17.8. The van der Waals surface area contributed by atoms with Crippen LogP contribution in [-0.2, 0) is 20.7 Å². The van der Waals surface area contributed by atoms with E-state index in [0.29, 0.717) is 21.3 Å². The number of imide groups is 2. The quantitative estimate of drug-likeness (QED) is 0.411. The zero-order valence-electron chi connectivity index (χ0n) is 14.5. The molecule has 1 aromatic heterocycles. The van der Waals surface area contributed by atoms with Gasteiger partial charge in [-0.3, -0.25) is 20.2 Å². The lowest BCUT2D eigenvalue weighted by Crippen LogP contribution is -2.74. The topological polar surface area (TPSA) is 114 Å². The second-order valence-corrected chi connectivity index (χ2v) is 8.17. The van der Waals surface area contributed by atoms with Crippen molar-refractivity contribution in [2.75, 3.05) is 18.1 Å². The molecule has 0 aliphatic carbocycles. The van der Waals surface area contributed by atoms with Crippen molar-refractivity contribution in [1.82, 2.24) is 15.8 Å². The van der Waals surface area contributed by atoms with Gasteiger partial charge >= 0.3 is 6.03 Å². The van der Waals surface area contributed by atoms with E-state index in [0.717, 1.165) is 0 Å². The molecule has 4 amide bonds. The highest BCUT2D eigenvalue weighted by atomic mass is 127. The maximum atomic E-state index is 15.4. The van der Waals surface area contributed by atoms with Crippen molar-refractivity contribution in [2.45, 2.75) is 25.5 Å². The van der Waals surface area contributed by atoms with Gasteiger partial charge in [-0.2, -0.15) is 0 Å². The Labute approximate surface area is 171 Å². The zero-order chi connectivity index (χ0) is 19.8. The van der Waals surface area contributed by atoms with Gasteiger partial charge in [0.05, 0.1) is 29.8 Å². The normalized spacial score (nSPS) is 26.1. The summed E-state index contributed by atoms with van der Waals surface area (Å²) >= 11 is 1.93. The molecule has 2 saturated heterocycles. The van der Waals surface area contributed by atoms with Crippen LogP contribution < -0.4 is 15.5 Å². The number of rotatable bonds is 0. The van der Waals surface area contributed by atoms with Crippen LogP contribution in [0, 0.1) is 14.9 Å². The number of hydrogen-bond donors (Lipinski definition) is 2. The SMILES string of the molecule is C[C@@H]1OCCN2c3c(cc4c(I)noc4c3F)CC3(C(=O)NC(=O)NC3=O)[C@@H]12. The highest BCUT2D eigenvalue weighted by molar-refractivity contribution is 14.1. The molecule has 28 heavy (non-hydrogen) atoms. The van der Waals surface area contributed by atoms with Gasteiger partial charge in [0.25, 0.3) is 0 Å². The molecule has 1 spiro atoms. The van der Waals surface area contributed by atoms with E-state index in [9.17, 15) is 14.4 Å². The van der Waals surface area contributed by atoms with Crippen molar-refractivity contribution < 1.29 is 28.0 Å². The van der Waals surface area contributed by atoms with Gasteiger partial charge in [-0.05, 0) is 41.1 Å². The van der Waals surface area contributed by atoms with E-state index in [1.807, 2.05) is 22.6 Å². The number of amides is 4. The number of ether oxygens (including phenoxy) is 1. The number of carbonyl (C=O) groups is 3. The number of barbiturate groups is 1. The molecular formula is C17H14FIN4O5. The fourth-order valence-electron chi connectivity index (χ4n) is 4.63. The summed E-state index contributed by atoms with van der Waals surface area (Å²) in [6.45, 7) is 2.32. The summed E-state index contributed by atoms with van der Waals surface area (Å²) in [5.74, 6) is -2.00. The van der Waals surface area contributed by atoms with Gasteiger partial charge in [0, 0.05) is 13.0 Å². The number of halogens is 2. The number of hydrogen-bond acceptors (Lipinski definition) is 7. The Hall–Kier alpha value is -2.28. The Bertz CT molecular complexity index is 1050. The molecule has 3 aliphatic rings. The van der Waals surface area contributed by atoms with Crippen LogP contribution in [0.3, 0.4) is 0 Å². The molecule has 0 bridgehead atoms. The highest BCUT2D eigenvalue weighted by Crippen LogP contribution is 2.48. The van der Waals surface area contributed by atoms with Gasteiger partial charge in [-0.25, -0.2) is 9.18 Å². The fraction of sp³-hybridized carbons (Fsp3) is 0.412. The van der Waals surface area contributed by atoms with Crippen LogP contribution in [0.25, 0.3) is 11.0 Å². The van der Waals surface area contributed by atoms with Crippen molar-refractivity contribution in [1.29, 1.82) is 0 Å². The first-order valence-electron chi connectivity index (χ1n) is 8.66. The number of fused-ring (bicyclic) bond motifs is 5. The van der Waals surface area contributed by atoms with E-state index < -0.39 is 41.2 Å². The van der Waals surface area contributed by atoms with Gasteiger partial charge in [-0.1, -0.05) is 5.16 Å². The van der Waals surface area contributed by atoms with E-state index in [2.05, 4.69) is 15.8 Å². The molecule has 0 saturated carbocycles. The lowest BCUT2D eigenvalue weighted by Gasteiger charge is -2.54. The second-order valence-electron chi connectivity index (χ2n) is 7.15. The predicted molar refractivity (Wildman–Crippen MR) is 101 cm³/mol. The maximum Gasteiger partial charge on any atom is 0.328 e. The highest BCUT2D eigenvalue weighted by Gasteiger charge is 2.62. The summed E-state index contributed by atoms with van der Waals surface area (Å²) in [5.41, 5.74) is -0.826. The lowest BCUT2D eigenvalue weighted by molar-refractivity contribution is -0.151. The summed E-state index contributed by atoms with van der Waals surface area (Å²) in [4.78, 5) is 39.3. The molecule has 2 aromatic rings. The van der Waals surface area contributed by atoms with E-state index in [1.54, 1.807) is 17.9 Å². The molecule has 2 atom stereocenters. The third kappa shape index (κ3) is 2.14. The number of aromatic nitrogens is 1. The summed E-state index contributed by atoms with van der Waals surface area (Å²) in [6.07, 6.45) is -0.618. The number of benzene rings is 1. The van der Waals surface area contributed by atoms with Crippen LogP contribution in [0.5, 0.6) is 0 Å². The Morgan fingerprint density at radius 1 is 1.32 bits per heavy atom. The van der Waals surface area contributed by atoms with Crippen molar-refractivity contribution in [3.63, 3.8) is 0 Å². The molecule has 9 nitrogen and oxygen atoms in total.